The lowest BCUT2D eigenvalue weighted by Crippen LogP contribution is -2.46. The van der Waals surface area contributed by atoms with Gasteiger partial charge in [-0.3, -0.25) is 9.59 Å². The van der Waals surface area contributed by atoms with Crippen molar-refractivity contribution in [3.63, 3.8) is 0 Å². The Kier molecular flexibility index (Phi) is 6.16. The molecule has 2 amide bonds. The van der Waals surface area contributed by atoms with Gasteiger partial charge >= 0.3 is 0 Å². The fraction of sp³-hybridized carbons (Fsp3) is 0.556. The van der Waals surface area contributed by atoms with Gasteiger partial charge in [0.25, 0.3) is 5.91 Å². The minimum Gasteiger partial charge on any atom is -0.381 e. The Labute approximate surface area is 138 Å². The third-order valence-corrected chi connectivity index (χ3v) is 4.30. The van der Waals surface area contributed by atoms with E-state index >= 15 is 0 Å². The molecule has 0 aromatic heterocycles. The number of carbonyl (C=O) groups is 2. The third-order valence-electron chi connectivity index (χ3n) is 4.30. The molecule has 0 saturated carbocycles. The molecule has 0 aliphatic carbocycles. The summed E-state index contributed by atoms with van der Waals surface area (Å²) in [5.74, 6) is -0.0318. The van der Waals surface area contributed by atoms with E-state index in [4.69, 9.17) is 4.74 Å². The Morgan fingerprint density at radius 1 is 1.26 bits per heavy atom. The zero-order chi connectivity index (χ0) is 16.8. The van der Waals surface area contributed by atoms with Crippen LogP contribution in [0.3, 0.4) is 0 Å². The average Bonchev–Trinajstić information content (AvgIpc) is 2.51. The predicted octanol–water partition coefficient (Wildman–Crippen LogP) is 2.06. The molecule has 0 atom stereocenters. The quantitative estimate of drug-likeness (QED) is 0.904. The first-order valence-electron chi connectivity index (χ1n) is 8.19. The van der Waals surface area contributed by atoms with Gasteiger partial charge in [0, 0.05) is 44.8 Å². The van der Waals surface area contributed by atoms with Crippen LogP contribution in [0.1, 0.15) is 41.3 Å². The first kappa shape index (κ1) is 17.5. The highest BCUT2D eigenvalue weighted by atomic mass is 16.5. The Bertz CT molecular complexity index is 565. The summed E-state index contributed by atoms with van der Waals surface area (Å²) in [4.78, 5) is 26.0. The first-order chi connectivity index (χ1) is 11.0. The molecule has 1 aliphatic heterocycles. The number of rotatable bonds is 5. The number of nitrogens with zero attached hydrogens (tertiary/aromatic N) is 1. The molecule has 0 spiro atoms. The van der Waals surface area contributed by atoms with Crippen LogP contribution in [0.2, 0.25) is 0 Å². The Hall–Kier alpha value is -1.88. The lowest BCUT2D eigenvalue weighted by Gasteiger charge is -2.33. The van der Waals surface area contributed by atoms with E-state index in [1.807, 2.05) is 36.9 Å². The van der Waals surface area contributed by atoms with Gasteiger partial charge in [0.1, 0.15) is 0 Å². The van der Waals surface area contributed by atoms with Crippen LogP contribution in [-0.2, 0) is 9.53 Å². The van der Waals surface area contributed by atoms with Crippen molar-refractivity contribution >= 4 is 11.8 Å². The van der Waals surface area contributed by atoms with Crippen molar-refractivity contribution in [2.75, 3.05) is 26.3 Å². The molecule has 0 unspecified atom stereocenters. The molecule has 1 N–H and O–H groups in total. The summed E-state index contributed by atoms with van der Waals surface area (Å²) in [6.45, 7) is 7.92. The molecular formula is C18H26N2O3. The van der Waals surface area contributed by atoms with Crippen LogP contribution in [0, 0.1) is 13.8 Å². The van der Waals surface area contributed by atoms with Crippen molar-refractivity contribution in [2.24, 2.45) is 0 Å². The normalized spacial score (nSPS) is 15.3. The number of ether oxygens (including phenoxy) is 1. The topological polar surface area (TPSA) is 58.6 Å². The maximum absolute atomic E-state index is 12.3. The van der Waals surface area contributed by atoms with Crippen LogP contribution in [0.5, 0.6) is 0 Å². The van der Waals surface area contributed by atoms with E-state index < -0.39 is 0 Å². The largest absolute Gasteiger partial charge is 0.381 e. The van der Waals surface area contributed by atoms with Crippen molar-refractivity contribution in [1.29, 1.82) is 0 Å². The molecule has 1 aromatic rings. The molecule has 0 bridgehead atoms. The number of hydrogen-bond donors (Lipinski definition) is 1. The van der Waals surface area contributed by atoms with Crippen molar-refractivity contribution in [3.8, 4) is 0 Å². The zero-order valence-electron chi connectivity index (χ0n) is 14.2. The molecule has 1 fully saturated rings. The van der Waals surface area contributed by atoms with Gasteiger partial charge in [-0.2, -0.15) is 0 Å². The van der Waals surface area contributed by atoms with Gasteiger partial charge in [0.05, 0.1) is 0 Å². The van der Waals surface area contributed by atoms with Gasteiger partial charge in [-0.05, 0) is 38.3 Å². The summed E-state index contributed by atoms with van der Waals surface area (Å²) >= 11 is 0. The van der Waals surface area contributed by atoms with Gasteiger partial charge in [-0.25, -0.2) is 0 Å². The highest BCUT2D eigenvalue weighted by Gasteiger charge is 2.23. The molecule has 5 heteroatoms. The Balaban J connectivity index is 1.88. The number of aryl methyl sites for hydroxylation is 2. The number of benzene rings is 1. The summed E-state index contributed by atoms with van der Waals surface area (Å²) in [6.07, 6.45) is 1.73. The van der Waals surface area contributed by atoms with Gasteiger partial charge in [0.2, 0.25) is 5.91 Å². The smallest absolute Gasteiger partial charge is 0.251 e. The molecule has 2 rings (SSSR count). The van der Waals surface area contributed by atoms with Crippen molar-refractivity contribution in [3.05, 3.63) is 34.9 Å². The zero-order valence-corrected chi connectivity index (χ0v) is 14.2. The molecule has 1 saturated heterocycles. The molecule has 1 heterocycles. The van der Waals surface area contributed by atoms with Crippen LogP contribution in [-0.4, -0.2) is 49.1 Å². The average molecular weight is 318 g/mol. The second-order valence-corrected chi connectivity index (χ2v) is 6.13. The first-order valence-corrected chi connectivity index (χ1v) is 8.19. The van der Waals surface area contributed by atoms with Crippen LogP contribution in [0.4, 0.5) is 0 Å². The van der Waals surface area contributed by atoms with E-state index in [0.717, 1.165) is 24.0 Å². The molecule has 5 nitrogen and oxygen atoms in total. The van der Waals surface area contributed by atoms with Crippen molar-refractivity contribution in [1.82, 2.24) is 10.2 Å². The lowest BCUT2D eigenvalue weighted by molar-refractivity contribution is -0.132. The monoisotopic (exact) mass is 318 g/mol. The molecule has 0 radical (unpaired) electrons. The second kappa shape index (κ2) is 8.11. The van der Waals surface area contributed by atoms with E-state index in [9.17, 15) is 9.59 Å². The minimum absolute atomic E-state index is 0.0534. The van der Waals surface area contributed by atoms with Crippen LogP contribution >= 0.6 is 0 Å². The molecule has 1 aliphatic rings. The second-order valence-electron chi connectivity index (χ2n) is 6.13. The number of carbonyl (C=O) groups excluding carboxylic acids is 2. The fourth-order valence-corrected chi connectivity index (χ4v) is 3.05. The molecule has 126 valence electrons. The standard InChI is InChI=1S/C18H26N2O3/c1-13-4-5-17(14(2)12-13)18(22)19-8-9-20(15(3)21)16-6-10-23-11-7-16/h4-5,12,16H,6-11H2,1-3H3,(H,19,22). The van der Waals surface area contributed by atoms with Crippen LogP contribution in [0.25, 0.3) is 0 Å². The summed E-state index contributed by atoms with van der Waals surface area (Å²) in [5, 5.41) is 2.92. The molecule has 1 aromatic carbocycles. The van der Waals surface area contributed by atoms with Crippen LogP contribution < -0.4 is 5.32 Å². The number of amides is 2. The van der Waals surface area contributed by atoms with Crippen molar-refractivity contribution in [2.45, 2.75) is 39.7 Å². The van der Waals surface area contributed by atoms with E-state index in [-0.39, 0.29) is 17.9 Å². The SMILES string of the molecule is CC(=O)N(CCNC(=O)c1ccc(C)cc1C)C1CCOCC1. The highest BCUT2D eigenvalue weighted by molar-refractivity contribution is 5.95. The van der Waals surface area contributed by atoms with E-state index in [1.54, 1.807) is 6.92 Å². The van der Waals surface area contributed by atoms with E-state index in [1.165, 1.54) is 0 Å². The fourth-order valence-electron chi connectivity index (χ4n) is 3.05. The van der Waals surface area contributed by atoms with E-state index in [2.05, 4.69) is 5.32 Å². The summed E-state index contributed by atoms with van der Waals surface area (Å²) < 4.78 is 5.35. The molecule has 23 heavy (non-hydrogen) atoms. The van der Waals surface area contributed by atoms with Gasteiger partial charge < -0.3 is 15.0 Å². The minimum atomic E-state index is -0.0852. The number of nitrogens with one attached hydrogen (secondary N) is 1. The van der Waals surface area contributed by atoms with Gasteiger partial charge in [0.15, 0.2) is 0 Å². The summed E-state index contributed by atoms with van der Waals surface area (Å²) in [5.41, 5.74) is 2.80. The number of hydrogen-bond acceptors (Lipinski definition) is 3. The van der Waals surface area contributed by atoms with Crippen molar-refractivity contribution < 1.29 is 14.3 Å². The summed E-state index contributed by atoms with van der Waals surface area (Å²) in [6, 6.07) is 6.01. The molecular weight excluding hydrogens is 292 g/mol. The van der Waals surface area contributed by atoms with Gasteiger partial charge in [-0.1, -0.05) is 17.7 Å². The summed E-state index contributed by atoms with van der Waals surface area (Å²) in [7, 11) is 0. The van der Waals surface area contributed by atoms with Gasteiger partial charge in [-0.15, -0.1) is 0 Å². The maximum atomic E-state index is 12.3. The lowest BCUT2D eigenvalue weighted by atomic mass is 10.1. The third kappa shape index (κ3) is 4.79. The maximum Gasteiger partial charge on any atom is 0.251 e. The Morgan fingerprint density at radius 2 is 1.96 bits per heavy atom. The Morgan fingerprint density at radius 3 is 2.57 bits per heavy atom. The highest BCUT2D eigenvalue weighted by Crippen LogP contribution is 2.14. The predicted molar refractivity (Wildman–Crippen MR) is 89.5 cm³/mol. The van der Waals surface area contributed by atoms with E-state index in [0.29, 0.717) is 31.9 Å². The van der Waals surface area contributed by atoms with Crippen LogP contribution in [0.15, 0.2) is 18.2 Å².